The lowest BCUT2D eigenvalue weighted by atomic mass is 10.1. The first-order chi connectivity index (χ1) is 9.93. The molecule has 0 saturated heterocycles. The first-order valence-electron chi connectivity index (χ1n) is 6.70. The predicted molar refractivity (Wildman–Crippen MR) is 79.0 cm³/mol. The molecule has 21 heavy (non-hydrogen) atoms. The van der Waals surface area contributed by atoms with Gasteiger partial charge in [0.1, 0.15) is 0 Å². The van der Waals surface area contributed by atoms with Crippen molar-refractivity contribution in [2.45, 2.75) is 13.0 Å². The van der Waals surface area contributed by atoms with Crippen LogP contribution in [0.5, 0.6) is 0 Å². The lowest BCUT2D eigenvalue weighted by Crippen LogP contribution is -2.42. The van der Waals surface area contributed by atoms with Crippen LogP contribution in [0.1, 0.15) is 15.9 Å². The lowest BCUT2D eigenvalue weighted by Gasteiger charge is -2.20. The molecule has 0 aromatic heterocycles. The van der Waals surface area contributed by atoms with Gasteiger partial charge in [-0.25, -0.2) is 0 Å². The van der Waals surface area contributed by atoms with Gasteiger partial charge in [0.15, 0.2) is 0 Å². The summed E-state index contributed by atoms with van der Waals surface area (Å²) < 4.78 is 4.79. The fraction of sp³-hybridized carbons (Fsp3) is 0.467. The average Bonchev–Trinajstić information content (AvgIpc) is 2.45. The Morgan fingerprint density at radius 1 is 1.33 bits per heavy atom. The molecule has 0 saturated carbocycles. The summed E-state index contributed by atoms with van der Waals surface area (Å²) in [5.41, 5.74) is 1.57. The van der Waals surface area contributed by atoms with Crippen molar-refractivity contribution >= 4 is 11.8 Å². The third-order valence-electron chi connectivity index (χ3n) is 2.98. The Morgan fingerprint density at radius 2 is 1.95 bits per heavy atom. The summed E-state index contributed by atoms with van der Waals surface area (Å²) in [6.07, 6.45) is -0.739. The fourth-order valence-electron chi connectivity index (χ4n) is 1.76. The number of nitrogens with zero attached hydrogens (tertiary/aromatic N) is 1. The molecule has 0 aliphatic carbocycles. The van der Waals surface area contributed by atoms with Gasteiger partial charge < -0.3 is 20.1 Å². The van der Waals surface area contributed by atoms with E-state index in [2.05, 4.69) is 5.32 Å². The van der Waals surface area contributed by atoms with Crippen LogP contribution >= 0.6 is 0 Å². The van der Waals surface area contributed by atoms with E-state index in [4.69, 9.17) is 4.74 Å². The second kappa shape index (κ2) is 8.39. The van der Waals surface area contributed by atoms with E-state index in [9.17, 15) is 14.7 Å². The van der Waals surface area contributed by atoms with E-state index < -0.39 is 6.10 Å². The first-order valence-corrected chi connectivity index (χ1v) is 6.70. The number of rotatable bonds is 7. The summed E-state index contributed by atoms with van der Waals surface area (Å²) in [4.78, 5) is 25.0. The molecule has 0 spiro atoms. The van der Waals surface area contributed by atoms with Crippen molar-refractivity contribution in [2.24, 2.45) is 0 Å². The van der Waals surface area contributed by atoms with Gasteiger partial charge in [-0.2, -0.15) is 0 Å². The van der Waals surface area contributed by atoms with Crippen LogP contribution in [0.25, 0.3) is 0 Å². The highest BCUT2D eigenvalue weighted by Crippen LogP contribution is 2.02. The molecule has 2 amide bonds. The number of benzene rings is 1. The van der Waals surface area contributed by atoms with Gasteiger partial charge in [-0.05, 0) is 19.1 Å². The molecule has 0 bridgehead atoms. The molecule has 1 aromatic rings. The Morgan fingerprint density at radius 3 is 2.52 bits per heavy atom. The minimum atomic E-state index is -0.739. The van der Waals surface area contributed by atoms with E-state index in [0.717, 1.165) is 5.56 Å². The maximum atomic E-state index is 11.9. The van der Waals surface area contributed by atoms with Crippen LogP contribution in [0.15, 0.2) is 24.3 Å². The zero-order chi connectivity index (χ0) is 15.8. The van der Waals surface area contributed by atoms with E-state index in [1.165, 1.54) is 12.0 Å². The number of methoxy groups -OCH3 is 1. The van der Waals surface area contributed by atoms with Crippen LogP contribution in [0.2, 0.25) is 0 Å². The number of likely N-dealkylation sites (N-methyl/N-ethyl adjacent to an activating group) is 1. The molecule has 0 radical (unpaired) electrons. The molecule has 116 valence electrons. The number of nitrogens with one attached hydrogen (secondary N) is 1. The molecule has 0 aliphatic rings. The molecule has 1 atom stereocenters. The Labute approximate surface area is 124 Å². The average molecular weight is 294 g/mol. The van der Waals surface area contributed by atoms with Gasteiger partial charge in [-0.15, -0.1) is 0 Å². The van der Waals surface area contributed by atoms with Crippen LogP contribution in [0, 0.1) is 6.92 Å². The number of hydrogen-bond acceptors (Lipinski definition) is 4. The summed E-state index contributed by atoms with van der Waals surface area (Å²) in [7, 11) is 3.05. The van der Waals surface area contributed by atoms with Crippen molar-refractivity contribution in [2.75, 3.05) is 33.9 Å². The Bertz CT molecular complexity index is 473. The monoisotopic (exact) mass is 294 g/mol. The van der Waals surface area contributed by atoms with E-state index >= 15 is 0 Å². The second-order valence-electron chi connectivity index (χ2n) is 4.93. The van der Waals surface area contributed by atoms with Crippen molar-refractivity contribution in [1.82, 2.24) is 10.2 Å². The maximum absolute atomic E-state index is 11.9. The smallest absolute Gasteiger partial charge is 0.251 e. The van der Waals surface area contributed by atoms with Gasteiger partial charge in [-0.1, -0.05) is 17.7 Å². The molecule has 1 rings (SSSR count). The van der Waals surface area contributed by atoms with Crippen molar-refractivity contribution in [3.05, 3.63) is 35.4 Å². The summed E-state index contributed by atoms with van der Waals surface area (Å²) >= 11 is 0. The third-order valence-corrected chi connectivity index (χ3v) is 2.98. The maximum Gasteiger partial charge on any atom is 0.251 e. The van der Waals surface area contributed by atoms with Crippen LogP contribution in [-0.2, 0) is 9.53 Å². The Kier molecular flexibility index (Phi) is 6.84. The predicted octanol–water partition coefficient (Wildman–Crippen LogP) is 0.191. The normalized spacial score (nSPS) is 11.8. The molecule has 2 N–H and O–H groups in total. The molecule has 0 aliphatic heterocycles. The SMILES string of the molecule is COCC(O)CN(C)C(=O)CNC(=O)c1ccc(C)cc1. The highest BCUT2D eigenvalue weighted by atomic mass is 16.5. The summed E-state index contributed by atoms with van der Waals surface area (Å²) in [6, 6.07) is 7.09. The van der Waals surface area contributed by atoms with Crippen molar-refractivity contribution in [1.29, 1.82) is 0 Å². The zero-order valence-corrected chi connectivity index (χ0v) is 12.6. The number of carbonyl (C=O) groups excluding carboxylic acids is 2. The second-order valence-corrected chi connectivity index (χ2v) is 4.93. The zero-order valence-electron chi connectivity index (χ0n) is 12.6. The van der Waals surface area contributed by atoms with Gasteiger partial charge in [0.05, 0.1) is 19.3 Å². The van der Waals surface area contributed by atoms with E-state index in [-0.39, 0.29) is 31.5 Å². The number of aryl methyl sites for hydroxylation is 1. The minimum absolute atomic E-state index is 0.108. The van der Waals surface area contributed by atoms with E-state index in [1.54, 1.807) is 19.2 Å². The van der Waals surface area contributed by atoms with Crippen LogP contribution < -0.4 is 5.32 Å². The quantitative estimate of drug-likeness (QED) is 0.752. The number of amides is 2. The van der Waals surface area contributed by atoms with Crippen LogP contribution in [0.3, 0.4) is 0 Å². The molecule has 1 unspecified atom stereocenters. The summed E-state index contributed by atoms with van der Waals surface area (Å²) in [5.74, 6) is -0.570. The number of hydrogen-bond donors (Lipinski definition) is 2. The Balaban J connectivity index is 2.41. The van der Waals surface area contributed by atoms with E-state index in [1.807, 2.05) is 19.1 Å². The molecule has 1 aromatic carbocycles. The van der Waals surface area contributed by atoms with Gasteiger partial charge in [0, 0.05) is 26.3 Å². The van der Waals surface area contributed by atoms with Gasteiger partial charge in [-0.3, -0.25) is 9.59 Å². The summed E-state index contributed by atoms with van der Waals surface area (Å²) in [6.45, 7) is 2.15. The highest BCUT2D eigenvalue weighted by Gasteiger charge is 2.14. The largest absolute Gasteiger partial charge is 0.389 e. The molecule has 0 heterocycles. The highest BCUT2D eigenvalue weighted by molar-refractivity contribution is 5.96. The van der Waals surface area contributed by atoms with Gasteiger partial charge >= 0.3 is 0 Å². The topological polar surface area (TPSA) is 78.9 Å². The lowest BCUT2D eigenvalue weighted by molar-refractivity contribution is -0.130. The van der Waals surface area contributed by atoms with Crippen LogP contribution in [0.4, 0.5) is 0 Å². The molecular formula is C15H22N2O4. The fourth-order valence-corrected chi connectivity index (χ4v) is 1.76. The van der Waals surface area contributed by atoms with Crippen molar-refractivity contribution in [3.8, 4) is 0 Å². The number of carbonyl (C=O) groups is 2. The summed E-state index contributed by atoms with van der Waals surface area (Å²) in [5, 5.41) is 12.1. The van der Waals surface area contributed by atoms with Gasteiger partial charge in [0.25, 0.3) is 5.91 Å². The van der Waals surface area contributed by atoms with Crippen molar-refractivity contribution in [3.63, 3.8) is 0 Å². The minimum Gasteiger partial charge on any atom is -0.389 e. The molecule has 0 fully saturated rings. The number of aliphatic hydroxyl groups excluding tert-OH is 1. The molecule has 6 nitrogen and oxygen atoms in total. The first kappa shape index (κ1) is 17.1. The standard InChI is InChI=1S/C15H22N2O4/c1-11-4-6-12(7-5-11)15(20)16-8-14(19)17(2)9-13(18)10-21-3/h4-7,13,18H,8-10H2,1-3H3,(H,16,20). The van der Waals surface area contributed by atoms with Crippen LogP contribution in [-0.4, -0.2) is 61.8 Å². The van der Waals surface area contributed by atoms with Crippen molar-refractivity contribution < 1.29 is 19.4 Å². The third kappa shape index (κ3) is 5.93. The Hall–Kier alpha value is -1.92. The molecular weight excluding hydrogens is 272 g/mol. The molecule has 6 heteroatoms. The number of aliphatic hydroxyl groups is 1. The van der Waals surface area contributed by atoms with E-state index in [0.29, 0.717) is 5.56 Å². The van der Waals surface area contributed by atoms with Gasteiger partial charge in [0.2, 0.25) is 5.91 Å². The number of ether oxygens (including phenoxy) is 1.